The third-order valence-electron chi connectivity index (χ3n) is 4.74. The largest absolute Gasteiger partial charge is 0.478 e. The van der Waals surface area contributed by atoms with Crippen LogP contribution in [0.4, 0.5) is 0 Å². The maximum Gasteiger partial charge on any atom is 0.333 e. The van der Waals surface area contributed by atoms with Crippen LogP contribution in [-0.4, -0.2) is 41.1 Å². The van der Waals surface area contributed by atoms with Gasteiger partial charge < -0.3 is 14.7 Å². The van der Waals surface area contributed by atoms with E-state index in [4.69, 9.17) is 16.3 Å². The van der Waals surface area contributed by atoms with Crippen LogP contribution < -0.4 is 0 Å². The maximum atomic E-state index is 12.6. The van der Waals surface area contributed by atoms with Crippen LogP contribution in [0.15, 0.2) is 35.5 Å². The standard InChI is InChI=1S/C18H20ClNO4/c1-11-17(18(22)23)15(12-4-6-13(19)7-5-12)9-16(21)20(11)10-14-3-2-8-24-14/h4-7,14-15H,2-3,8-10H2,1H3,(H,22,23)/t14-,15+/m1/s1. The van der Waals surface area contributed by atoms with Crippen molar-refractivity contribution in [2.24, 2.45) is 0 Å². The lowest BCUT2D eigenvalue weighted by molar-refractivity contribution is -0.135. The predicted octanol–water partition coefficient (Wildman–Crippen LogP) is 3.19. The van der Waals surface area contributed by atoms with Crippen molar-refractivity contribution in [1.82, 2.24) is 4.90 Å². The molecule has 0 saturated carbocycles. The van der Waals surface area contributed by atoms with E-state index in [1.807, 2.05) is 0 Å². The Bertz CT molecular complexity index is 677. The number of nitrogens with zero attached hydrogens (tertiary/aromatic N) is 1. The third kappa shape index (κ3) is 3.32. The molecule has 1 amide bonds. The highest BCUT2D eigenvalue weighted by Crippen LogP contribution is 2.37. The molecular weight excluding hydrogens is 330 g/mol. The van der Waals surface area contributed by atoms with Gasteiger partial charge in [0.1, 0.15) is 0 Å². The first-order valence-corrected chi connectivity index (χ1v) is 8.46. The van der Waals surface area contributed by atoms with E-state index >= 15 is 0 Å². The van der Waals surface area contributed by atoms with E-state index in [0.717, 1.165) is 18.4 Å². The Hall–Kier alpha value is -1.85. The number of hydrogen-bond acceptors (Lipinski definition) is 3. The Balaban J connectivity index is 1.94. The Morgan fingerprint density at radius 3 is 2.67 bits per heavy atom. The van der Waals surface area contributed by atoms with Crippen molar-refractivity contribution in [1.29, 1.82) is 0 Å². The Kier molecular flexibility index (Phi) is 4.92. The van der Waals surface area contributed by atoms with Gasteiger partial charge in [-0.25, -0.2) is 4.79 Å². The van der Waals surface area contributed by atoms with Crippen molar-refractivity contribution in [3.8, 4) is 0 Å². The van der Waals surface area contributed by atoms with Gasteiger partial charge in [0, 0.05) is 29.7 Å². The number of rotatable bonds is 4. The van der Waals surface area contributed by atoms with Crippen molar-refractivity contribution >= 4 is 23.5 Å². The second-order valence-corrected chi connectivity index (χ2v) is 6.69. The molecule has 1 aromatic rings. The molecule has 0 aliphatic carbocycles. The van der Waals surface area contributed by atoms with Gasteiger partial charge >= 0.3 is 5.97 Å². The average Bonchev–Trinajstić information content (AvgIpc) is 3.04. The van der Waals surface area contributed by atoms with Gasteiger partial charge in [0.05, 0.1) is 18.2 Å². The van der Waals surface area contributed by atoms with Gasteiger partial charge in [0.15, 0.2) is 0 Å². The molecule has 6 heteroatoms. The van der Waals surface area contributed by atoms with Crippen molar-refractivity contribution < 1.29 is 19.4 Å². The highest BCUT2D eigenvalue weighted by Gasteiger charge is 2.37. The molecule has 2 heterocycles. The minimum Gasteiger partial charge on any atom is -0.478 e. The van der Waals surface area contributed by atoms with Gasteiger partial charge in [-0.15, -0.1) is 0 Å². The number of allylic oxidation sites excluding steroid dienone is 1. The Labute approximate surface area is 145 Å². The van der Waals surface area contributed by atoms with E-state index in [2.05, 4.69) is 0 Å². The summed E-state index contributed by atoms with van der Waals surface area (Å²) >= 11 is 5.91. The lowest BCUT2D eigenvalue weighted by Crippen LogP contribution is -2.41. The molecular formula is C18H20ClNO4. The molecule has 24 heavy (non-hydrogen) atoms. The van der Waals surface area contributed by atoms with Gasteiger partial charge in [-0.2, -0.15) is 0 Å². The molecule has 1 N–H and O–H groups in total. The van der Waals surface area contributed by atoms with Crippen LogP contribution in [0.2, 0.25) is 5.02 Å². The van der Waals surface area contributed by atoms with E-state index in [-0.39, 0.29) is 24.0 Å². The summed E-state index contributed by atoms with van der Waals surface area (Å²) in [5.41, 5.74) is 1.57. The first kappa shape index (κ1) is 17.0. The topological polar surface area (TPSA) is 66.8 Å². The van der Waals surface area contributed by atoms with E-state index in [1.54, 1.807) is 36.1 Å². The molecule has 3 rings (SSSR count). The summed E-state index contributed by atoms with van der Waals surface area (Å²) in [6.07, 6.45) is 2.02. The van der Waals surface area contributed by atoms with Crippen molar-refractivity contribution in [2.45, 2.75) is 38.2 Å². The summed E-state index contributed by atoms with van der Waals surface area (Å²) in [6, 6.07) is 7.00. The van der Waals surface area contributed by atoms with Gasteiger partial charge in [0.25, 0.3) is 0 Å². The number of carboxylic acid groups (broad SMARTS) is 1. The van der Waals surface area contributed by atoms with Crippen LogP contribution in [0.25, 0.3) is 0 Å². The SMILES string of the molecule is CC1=C(C(=O)O)[C@H](c2ccc(Cl)cc2)CC(=O)N1C[C@H]1CCCO1. The summed E-state index contributed by atoms with van der Waals surface area (Å²) in [7, 11) is 0. The molecule has 1 saturated heterocycles. The summed E-state index contributed by atoms with van der Waals surface area (Å²) in [4.78, 5) is 26.1. The average molecular weight is 350 g/mol. The number of amides is 1. The van der Waals surface area contributed by atoms with Crippen molar-refractivity contribution in [3.05, 3.63) is 46.1 Å². The fraction of sp³-hybridized carbons (Fsp3) is 0.444. The molecule has 2 aliphatic rings. The number of hydrogen-bond donors (Lipinski definition) is 1. The van der Waals surface area contributed by atoms with Crippen LogP contribution in [0, 0.1) is 0 Å². The molecule has 2 aliphatic heterocycles. The number of aliphatic carboxylic acids is 1. The van der Waals surface area contributed by atoms with Crippen LogP contribution in [-0.2, 0) is 14.3 Å². The summed E-state index contributed by atoms with van der Waals surface area (Å²) in [6.45, 7) is 2.84. The number of ether oxygens (including phenoxy) is 1. The lowest BCUT2D eigenvalue weighted by atomic mass is 9.83. The van der Waals surface area contributed by atoms with Gasteiger partial charge in [-0.05, 0) is 37.5 Å². The van der Waals surface area contributed by atoms with Crippen LogP contribution in [0.5, 0.6) is 0 Å². The zero-order chi connectivity index (χ0) is 17.3. The molecule has 128 valence electrons. The monoisotopic (exact) mass is 349 g/mol. The highest BCUT2D eigenvalue weighted by molar-refractivity contribution is 6.30. The molecule has 5 nitrogen and oxygen atoms in total. The molecule has 0 bridgehead atoms. The van der Waals surface area contributed by atoms with Crippen LogP contribution in [0.3, 0.4) is 0 Å². The van der Waals surface area contributed by atoms with Gasteiger partial charge in [0.2, 0.25) is 5.91 Å². The van der Waals surface area contributed by atoms with Crippen LogP contribution >= 0.6 is 11.6 Å². The number of carbonyl (C=O) groups excluding carboxylic acids is 1. The summed E-state index contributed by atoms with van der Waals surface area (Å²) in [5, 5.41) is 10.3. The minimum atomic E-state index is -0.989. The van der Waals surface area contributed by atoms with Crippen molar-refractivity contribution in [3.63, 3.8) is 0 Å². The zero-order valence-electron chi connectivity index (χ0n) is 13.5. The minimum absolute atomic E-state index is 0.00831. The van der Waals surface area contributed by atoms with Gasteiger partial charge in [-0.1, -0.05) is 23.7 Å². The first-order valence-electron chi connectivity index (χ1n) is 8.09. The maximum absolute atomic E-state index is 12.6. The number of carbonyl (C=O) groups is 2. The molecule has 1 fully saturated rings. The number of halogens is 1. The third-order valence-corrected chi connectivity index (χ3v) is 4.99. The molecule has 0 aromatic heterocycles. The molecule has 1 aromatic carbocycles. The predicted molar refractivity (Wildman–Crippen MR) is 89.8 cm³/mol. The zero-order valence-corrected chi connectivity index (χ0v) is 14.3. The van der Waals surface area contributed by atoms with Gasteiger partial charge in [-0.3, -0.25) is 4.79 Å². The van der Waals surface area contributed by atoms with Crippen LogP contribution in [0.1, 0.15) is 37.7 Å². The Morgan fingerprint density at radius 2 is 2.08 bits per heavy atom. The lowest BCUT2D eigenvalue weighted by Gasteiger charge is -2.35. The van der Waals surface area contributed by atoms with E-state index in [1.165, 1.54) is 0 Å². The fourth-order valence-electron chi connectivity index (χ4n) is 3.49. The molecule has 0 radical (unpaired) electrons. The second kappa shape index (κ2) is 6.95. The quantitative estimate of drug-likeness (QED) is 0.906. The Morgan fingerprint density at radius 1 is 1.38 bits per heavy atom. The molecule has 2 atom stereocenters. The molecule has 0 unspecified atom stereocenters. The smallest absolute Gasteiger partial charge is 0.333 e. The van der Waals surface area contributed by atoms with E-state index < -0.39 is 11.9 Å². The van der Waals surface area contributed by atoms with E-state index in [0.29, 0.717) is 23.9 Å². The number of benzene rings is 1. The molecule has 0 spiro atoms. The van der Waals surface area contributed by atoms with Crippen molar-refractivity contribution in [2.75, 3.05) is 13.2 Å². The fourth-order valence-corrected chi connectivity index (χ4v) is 3.61. The normalized spacial score (nSPS) is 24.6. The first-order chi connectivity index (χ1) is 11.5. The second-order valence-electron chi connectivity index (χ2n) is 6.25. The summed E-state index contributed by atoms with van der Waals surface area (Å²) in [5.74, 6) is -1.50. The summed E-state index contributed by atoms with van der Waals surface area (Å²) < 4.78 is 5.59. The highest BCUT2D eigenvalue weighted by atomic mass is 35.5. The van der Waals surface area contributed by atoms with E-state index in [9.17, 15) is 14.7 Å². The number of carboxylic acids is 1.